The molecule has 0 saturated heterocycles. The lowest BCUT2D eigenvalue weighted by Crippen LogP contribution is -2.32. The van der Waals surface area contributed by atoms with Crippen LogP contribution < -0.4 is 14.9 Å². The van der Waals surface area contributed by atoms with E-state index in [2.05, 4.69) is 6.58 Å². The summed E-state index contributed by atoms with van der Waals surface area (Å²) >= 11 is 6.12. The van der Waals surface area contributed by atoms with E-state index < -0.39 is 6.04 Å². The largest absolute Gasteiger partial charge is 0.490 e. The van der Waals surface area contributed by atoms with Crippen LogP contribution >= 0.6 is 11.6 Å². The third-order valence-corrected chi connectivity index (χ3v) is 5.64. The Hall–Kier alpha value is -3.29. The second kappa shape index (κ2) is 9.68. The number of hydrogen-bond donors (Lipinski definition) is 0. The van der Waals surface area contributed by atoms with Gasteiger partial charge in [-0.3, -0.25) is 9.59 Å². The number of ether oxygens (including phenoxy) is 3. The molecule has 7 nitrogen and oxygen atoms in total. The zero-order valence-electron chi connectivity index (χ0n) is 18.4. The molecular formula is C25H24ClNO6. The first-order chi connectivity index (χ1) is 16.0. The Kier molecular flexibility index (Phi) is 6.72. The molecule has 0 N–H and O–H groups in total. The zero-order valence-corrected chi connectivity index (χ0v) is 19.2. The minimum atomic E-state index is -0.671. The number of nitrogens with zero attached hydrogens (tertiary/aromatic N) is 1. The quantitative estimate of drug-likeness (QED) is 0.426. The molecule has 0 bridgehead atoms. The molecule has 0 radical (unpaired) electrons. The van der Waals surface area contributed by atoms with Crippen LogP contribution in [-0.2, 0) is 4.74 Å². The number of amides is 1. The van der Waals surface area contributed by atoms with Gasteiger partial charge in [-0.25, -0.2) is 0 Å². The summed E-state index contributed by atoms with van der Waals surface area (Å²) in [6.45, 7) is 6.86. The maximum atomic E-state index is 13.5. The first-order valence-electron chi connectivity index (χ1n) is 10.6. The number of fused-ring (bicyclic) bond motifs is 2. The maximum absolute atomic E-state index is 13.5. The lowest BCUT2D eigenvalue weighted by Gasteiger charge is -2.25. The Morgan fingerprint density at radius 1 is 1.15 bits per heavy atom. The van der Waals surface area contributed by atoms with E-state index in [1.807, 2.05) is 13.0 Å². The van der Waals surface area contributed by atoms with Crippen LogP contribution in [-0.4, -0.2) is 44.3 Å². The monoisotopic (exact) mass is 469 g/mol. The molecule has 0 aliphatic carbocycles. The van der Waals surface area contributed by atoms with Crippen molar-refractivity contribution in [2.75, 3.05) is 33.5 Å². The van der Waals surface area contributed by atoms with E-state index in [0.29, 0.717) is 52.9 Å². The summed E-state index contributed by atoms with van der Waals surface area (Å²) in [6.07, 6.45) is 1.64. The fourth-order valence-electron chi connectivity index (χ4n) is 3.99. The number of rotatable bonds is 9. The smallest absolute Gasteiger partial charge is 0.290 e. The summed E-state index contributed by atoms with van der Waals surface area (Å²) in [5.41, 5.74) is 0.985. The average Bonchev–Trinajstić information content (AvgIpc) is 3.09. The highest BCUT2D eigenvalue weighted by Crippen LogP contribution is 2.41. The average molecular weight is 470 g/mol. The second-order valence-electron chi connectivity index (χ2n) is 7.45. The molecule has 1 unspecified atom stereocenters. The van der Waals surface area contributed by atoms with Crippen LogP contribution in [0.15, 0.2) is 58.3 Å². The molecule has 0 saturated carbocycles. The van der Waals surface area contributed by atoms with Crippen molar-refractivity contribution in [3.63, 3.8) is 0 Å². The molecule has 1 aromatic heterocycles. The van der Waals surface area contributed by atoms with E-state index in [-0.39, 0.29) is 29.2 Å². The van der Waals surface area contributed by atoms with Gasteiger partial charge in [-0.15, -0.1) is 0 Å². The predicted molar refractivity (Wildman–Crippen MR) is 126 cm³/mol. The Bertz CT molecular complexity index is 1270. The van der Waals surface area contributed by atoms with Crippen molar-refractivity contribution in [2.24, 2.45) is 0 Å². The van der Waals surface area contributed by atoms with Crippen molar-refractivity contribution in [3.05, 3.63) is 81.2 Å². The lowest BCUT2D eigenvalue weighted by atomic mass is 9.98. The second-order valence-corrected chi connectivity index (χ2v) is 7.88. The molecule has 2 heterocycles. The van der Waals surface area contributed by atoms with Gasteiger partial charge in [0, 0.05) is 18.7 Å². The molecule has 2 aromatic carbocycles. The lowest BCUT2D eigenvalue weighted by molar-refractivity contribution is 0.0663. The topological polar surface area (TPSA) is 78.2 Å². The van der Waals surface area contributed by atoms with E-state index in [4.69, 9.17) is 30.2 Å². The summed E-state index contributed by atoms with van der Waals surface area (Å²) in [4.78, 5) is 28.4. The minimum absolute atomic E-state index is 0.0286. The molecule has 172 valence electrons. The summed E-state index contributed by atoms with van der Waals surface area (Å²) < 4.78 is 22.6. The van der Waals surface area contributed by atoms with Crippen LogP contribution in [0.25, 0.3) is 11.0 Å². The van der Waals surface area contributed by atoms with Crippen molar-refractivity contribution in [3.8, 4) is 11.5 Å². The number of halogens is 1. The van der Waals surface area contributed by atoms with Gasteiger partial charge in [0.15, 0.2) is 16.9 Å². The first kappa shape index (κ1) is 22.9. The van der Waals surface area contributed by atoms with Crippen molar-refractivity contribution in [1.82, 2.24) is 4.90 Å². The molecular weight excluding hydrogens is 446 g/mol. The van der Waals surface area contributed by atoms with Crippen molar-refractivity contribution in [2.45, 2.75) is 13.0 Å². The van der Waals surface area contributed by atoms with Gasteiger partial charge in [0.1, 0.15) is 12.2 Å². The Morgan fingerprint density at radius 3 is 2.70 bits per heavy atom. The number of hydrogen-bond acceptors (Lipinski definition) is 6. The highest BCUT2D eigenvalue weighted by atomic mass is 35.5. The Morgan fingerprint density at radius 2 is 1.97 bits per heavy atom. The van der Waals surface area contributed by atoms with E-state index in [1.165, 1.54) is 0 Å². The van der Waals surface area contributed by atoms with Crippen molar-refractivity contribution in [1.29, 1.82) is 0 Å². The van der Waals surface area contributed by atoms with Crippen LogP contribution in [0.1, 0.15) is 34.6 Å². The predicted octanol–water partition coefficient (Wildman–Crippen LogP) is 4.60. The van der Waals surface area contributed by atoms with Gasteiger partial charge in [0.2, 0.25) is 5.76 Å². The molecule has 8 heteroatoms. The normalized spacial score (nSPS) is 15.1. The van der Waals surface area contributed by atoms with Crippen LogP contribution in [0.3, 0.4) is 0 Å². The summed E-state index contributed by atoms with van der Waals surface area (Å²) in [7, 11) is 1.56. The fourth-order valence-corrected chi connectivity index (χ4v) is 4.16. The van der Waals surface area contributed by atoms with Gasteiger partial charge in [0.25, 0.3) is 5.91 Å². The number of carbonyl (C=O) groups is 1. The van der Waals surface area contributed by atoms with E-state index in [1.54, 1.807) is 48.4 Å². The summed E-state index contributed by atoms with van der Waals surface area (Å²) in [6, 6.07) is 9.47. The van der Waals surface area contributed by atoms with Gasteiger partial charge < -0.3 is 23.5 Å². The number of methoxy groups -OCH3 is 1. The third-order valence-electron chi connectivity index (χ3n) is 5.40. The molecule has 0 fully saturated rings. The fraction of sp³-hybridized carbons (Fsp3) is 0.280. The summed E-state index contributed by atoms with van der Waals surface area (Å²) in [5, 5.41) is 0.734. The Balaban J connectivity index is 1.90. The zero-order chi connectivity index (χ0) is 23.5. The first-order valence-corrected chi connectivity index (χ1v) is 10.9. The van der Waals surface area contributed by atoms with Gasteiger partial charge in [-0.2, -0.15) is 0 Å². The van der Waals surface area contributed by atoms with Crippen molar-refractivity contribution < 1.29 is 23.4 Å². The van der Waals surface area contributed by atoms with Gasteiger partial charge >= 0.3 is 0 Å². The highest BCUT2D eigenvalue weighted by molar-refractivity contribution is 6.31. The number of benzene rings is 2. The third kappa shape index (κ3) is 4.21. The van der Waals surface area contributed by atoms with Crippen LogP contribution in [0, 0.1) is 0 Å². The standard InChI is InChI=1S/C25H24ClNO6/c1-4-11-32-19-8-6-15(13-20(19)31-5-2)22-21-23(28)17-14-16(26)7-9-18(17)33-24(21)25(29)27(22)10-12-30-3/h4,6-9,13-14,22H,1,5,10-12H2,2-3H3. The van der Waals surface area contributed by atoms with Gasteiger partial charge in [0.05, 0.1) is 30.2 Å². The molecule has 1 aliphatic rings. The van der Waals surface area contributed by atoms with E-state index in [9.17, 15) is 9.59 Å². The van der Waals surface area contributed by atoms with Crippen LogP contribution in [0.2, 0.25) is 5.02 Å². The summed E-state index contributed by atoms with van der Waals surface area (Å²) in [5.74, 6) is 0.718. The highest BCUT2D eigenvalue weighted by Gasteiger charge is 2.42. The molecule has 1 aliphatic heterocycles. The van der Waals surface area contributed by atoms with E-state index >= 15 is 0 Å². The molecule has 4 rings (SSSR count). The maximum Gasteiger partial charge on any atom is 0.290 e. The molecule has 3 aromatic rings. The SMILES string of the molecule is C=CCOc1ccc(C2c3c(oc4ccc(Cl)cc4c3=O)C(=O)N2CCOC)cc1OCC. The van der Waals surface area contributed by atoms with Crippen LogP contribution in [0.4, 0.5) is 0 Å². The minimum Gasteiger partial charge on any atom is -0.490 e. The molecule has 33 heavy (non-hydrogen) atoms. The Labute approximate surface area is 196 Å². The van der Waals surface area contributed by atoms with Gasteiger partial charge in [-0.1, -0.05) is 30.3 Å². The van der Waals surface area contributed by atoms with E-state index in [0.717, 1.165) is 0 Å². The van der Waals surface area contributed by atoms with Gasteiger partial charge in [-0.05, 0) is 42.8 Å². The number of carbonyl (C=O) groups excluding carboxylic acids is 1. The molecule has 0 spiro atoms. The molecule has 1 atom stereocenters. The van der Waals surface area contributed by atoms with Crippen LogP contribution in [0.5, 0.6) is 11.5 Å². The molecule has 1 amide bonds. The van der Waals surface area contributed by atoms with Crippen molar-refractivity contribution >= 4 is 28.5 Å².